The molecule has 2 heterocycles. The van der Waals surface area contributed by atoms with E-state index in [1.807, 2.05) is 18.4 Å². The second kappa shape index (κ2) is 5.50. The number of nitrogens with one attached hydrogen (secondary N) is 1. The summed E-state index contributed by atoms with van der Waals surface area (Å²) in [5.41, 5.74) is 0.938. The van der Waals surface area contributed by atoms with Gasteiger partial charge in [0.2, 0.25) is 0 Å². The Kier molecular flexibility index (Phi) is 3.96. The molecule has 0 aliphatic heterocycles. The number of hydrogen-bond donors (Lipinski definition) is 2. The molecule has 0 saturated heterocycles. The Balaban J connectivity index is 2.08. The summed E-state index contributed by atoms with van der Waals surface area (Å²) >= 11 is 2.61. The molecule has 2 aromatic heterocycles. The summed E-state index contributed by atoms with van der Waals surface area (Å²) in [5, 5.41) is 15.5. The SMILES string of the molecule is Cc1ccsc1C(=O)NC(C)c1nc(C(=O)O)cs1. The number of carboxylic acids is 1. The molecule has 2 aromatic rings. The summed E-state index contributed by atoms with van der Waals surface area (Å²) in [6, 6.07) is 1.57. The Morgan fingerprint density at radius 3 is 2.68 bits per heavy atom. The van der Waals surface area contributed by atoms with Crippen LogP contribution in [0.4, 0.5) is 0 Å². The van der Waals surface area contributed by atoms with Gasteiger partial charge in [0.05, 0.1) is 10.9 Å². The number of rotatable bonds is 4. The smallest absolute Gasteiger partial charge is 0.355 e. The number of aromatic carboxylic acids is 1. The van der Waals surface area contributed by atoms with Crippen molar-refractivity contribution in [3.05, 3.63) is 38.0 Å². The number of hydrogen-bond acceptors (Lipinski definition) is 5. The van der Waals surface area contributed by atoms with Gasteiger partial charge in [0.25, 0.3) is 5.91 Å². The van der Waals surface area contributed by atoms with Crippen LogP contribution in [-0.2, 0) is 0 Å². The van der Waals surface area contributed by atoms with Gasteiger partial charge in [-0.3, -0.25) is 4.79 Å². The number of carbonyl (C=O) groups excluding carboxylic acids is 1. The van der Waals surface area contributed by atoms with Crippen LogP contribution in [-0.4, -0.2) is 22.0 Å². The monoisotopic (exact) mass is 296 g/mol. The standard InChI is InChI=1S/C12H12N2O3S2/c1-6-3-4-18-9(6)10(15)13-7(2)11-14-8(5-19-11)12(16)17/h3-5,7H,1-2H3,(H,13,15)(H,16,17). The fraction of sp³-hybridized carbons (Fsp3) is 0.250. The fourth-order valence-electron chi connectivity index (χ4n) is 1.51. The van der Waals surface area contributed by atoms with E-state index < -0.39 is 5.97 Å². The topological polar surface area (TPSA) is 79.3 Å². The zero-order valence-corrected chi connectivity index (χ0v) is 12.0. The first-order chi connectivity index (χ1) is 8.99. The van der Waals surface area contributed by atoms with Crippen LogP contribution >= 0.6 is 22.7 Å². The first-order valence-electron chi connectivity index (χ1n) is 5.52. The van der Waals surface area contributed by atoms with Crippen LogP contribution < -0.4 is 5.32 Å². The second-order valence-corrected chi connectivity index (χ2v) is 5.81. The number of carboxylic acid groups (broad SMARTS) is 1. The third kappa shape index (κ3) is 2.99. The summed E-state index contributed by atoms with van der Waals surface area (Å²) in [5.74, 6) is -1.22. The van der Waals surface area contributed by atoms with Crippen molar-refractivity contribution < 1.29 is 14.7 Å². The van der Waals surface area contributed by atoms with E-state index >= 15 is 0 Å². The molecular formula is C12H12N2O3S2. The zero-order chi connectivity index (χ0) is 14.0. The number of thiophene rings is 1. The van der Waals surface area contributed by atoms with E-state index in [-0.39, 0.29) is 17.6 Å². The van der Waals surface area contributed by atoms with Crippen molar-refractivity contribution in [1.82, 2.24) is 10.3 Å². The molecule has 0 aliphatic rings. The van der Waals surface area contributed by atoms with Crippen LogP contribution in [0.1, 0.15) is 43.7 Å². The van der Waals surface area contributed by atoms with Gasteiger partial charge in [-0.25, -0.2) is 9.78 Å². The minimum Gasteiger partial charge on any atom is -0.476 e. The summed E-state index contributed by atoms with van der Waals surface area (Å²) < 4.78 is 0. The molecule has 0 radical (unpaired) electrons. The summed E-state index contributed by atoms with van der Waals surface area (Å²) in [4.78, 5) is 27.4. The Labute approximate surface area is 117 Å². The molecule has 100 valence electrons. The first-order valence-corrected chi connectivity index (χ1v) is 7.28. The van der Waals surface area contributed by atoms with Gasteiger partial charge in [-0.2, -0.15) is 0 Å². The highest BCUT2D eigenvalue weighted by Crippen LogP contribution is 2.20. The van der Waals surface area contributed by atoms with Crippen LogP contribution in [0.25, 0.3) is 0 Å². The van der Waals surface area contributed by atoms with Crippen LogP contribution in [0.15, 0.2) is 16.8 Å². The van der Waals surface area contributed by atoms with Gasteiger partial charge in [-0.1, -0.05) is 0 Å². The molecule has 1 atom stereocenters. The predicted octanol–water partition coefficient (Wildman–Crippen LogP) is 2.70. The van der Waals surface area contributed by atoms with E-state index in [0.717, 1.165) is 5.56 Å². The lowest BCUT2D eigenvalue weighted by Crippen LogP contribution is -2.26. The highest BCUT2D eigenvalue weighted by Gasteiger charge is 2.18. The Morgan fingerprint density at radius 2 is 2.16 bits per heavy atom. The zero-order valence-electron chi connectivity index (χ0n) is 10.3. The second-order valence-electron chi connectivity index (χ2n) is 4.00. The maximum absolute atomic E-state index is 12.0. The molecule has 0 aromatic carbocycles. The van der Waals surface area contributed by atoms with E-state index in [4.69, 9.17) is 5.11 Å². The van der Waals surface area contributed by atoms with Crippen LogP contribution in [0.2, 0.25) is 0 Å². The number of nitrogens with zero attached hydrogens (tertiary/aromatic N) is 1. The summed E-state index contributed by atoms with van der Waals surface area (Å²) in [7, 11) is 0. The number of aryl methyl sites for hydroxylation is 1. The maximum atomic E-state index is 12.0. The molecule has 2 N–H and O–H groups in total. The molecule has 1 amide bonds. The van der Waals surface area contributed by atoms with Crippen molar-refractivity contribution in [2.75, 3.05) is 0 Å². The molecule has 19 heavy (non-hydrogen) atoms. The third-order valence-corrected chi connectivity index (χ3v) is 4.57. The van der Waals surface area contributed by atoms with Crippen molar-refractivity contribution in [3.63, 3.8) is 0 Å². The predicted molar refractivity (Wildman–Crippen MR) is 74.0 cm³/mol. The molecule has 0 spiro atoms. The number of aromatic nitrogens is 1. The van der Waals surface area contributed by atoms with Crippen LogP contribution in [0.5, 0.6) is 0 Å². The molecule has 0 aliphatic carbocycles. The molecule has 0 fully saturated rings. The third-order valence-electron chi connectivity index (χ3n) is 2.53. The van der Waals surface area contributed by atoms with Gasteiger partial charge in [0.1, 0.15) is 5.01 Å². The lowest BCUT2D eigenvalue weighted by molar-refractivity contribution is 0.0691. The average Bonchev–Trinajstić information content (AvgIpc) is 2.96. The Morgan fingerprint density at radius 1 is 1.42 bits per heavy atom. The maximum Gasteiger partial charge on any atom is 0.355 e. The van der Waals surface area contributed by atoms with E-state index in [0.29, 0.717) is 9.88 Å². The summed E-state index contributed by atoms with van der Waals surface area (Å²) in [6.45, 7) is 3.66. The fourth-order valence-corrected chi connectivity index (χ4v) is 3.14. The average molecular weight is 296 g/mol. The van der Waals surface area contributed by atoms with Crippen molar-refractivity contribution in [1.29, 1.82) is 0 Å². The van der Waals surface area contributed by atoms with Crippen molar-refractivity contribution in [2.45, 2.75) is 19.9 Å². The molecule has 7 heteroatoms. The van der Waals surface area contributed by atoms with E-state index in [1.165, 1.54) is 28.1 Å². The largest absolute Gasteiger partial charge is 0.476 e. The van der Waals surface area contributed by atoms with Gasteiger partial charge in [-0.15, -0.1) is 22.7 Å². The number of amides is 1. The quantitative estimate of drug-likeness (QED) is 0.909. The van der Waals surface area contributed by atoms with Gasteiger partial charge in [0.15, 0.2) is 5.69 Å². The van der Waals surface area contributed by atoms with E-state index in [2.05, 4.69) is 10.3 Å². The number of thiazole rings is 1. The lowest BCUT2D eigenvalue weighted by Gasteiger charge is -2.10. The first kappa shape index (κ1) is 13.7. The van der Waals surface area contributed by atoms with Gasteiger partial charge in [-0.05, 0) is 30.9 Å². The molecule has 0 saturated carbocycles. The highest BCUT2D eigenvalue weighted by molar-refractivity contribution is 7.12. The van der Waals surface area contributed by atoms with Crippen molar-refractivity contribution in [2.24, 2.45) is 0 Å². The number of carbonyl (C=O) groups is 2. The Hall–Kier alpha value is -1.73. The minimum absolute atomic E-state index is 0.00778. The minimum atomic E-state index is -1.06. The lowest BCUT2D eigenvalue weighted by atomic mass is 10.2. The Bertz CT molecular complexity index is 618. The van der Waals surface area contributed by atoms with Crippen molar-refractivity contribution in [3.8, 4) is 0 Å². The summed E-state index contributed by atoms with van der Waals surface area (Å²) in [6.07, 6.45) is 0. The van der Waals surface area contributed by atoms with Crippen LogP contribution in [0, 0.1) is 6.92 Å². The van der Waals surface area contributed by atoms with Crippen LogP contribution in [0.3, 0.4) is 0 Å². The van der Waals surface area contributed by atoms with Gasteiger partial charge in [0, 0.05) is 5.38 Å². The van der Waals surface area contributed by atoms with Gasteiger partial charge >= 0.3 is 5.97 Å². The van der Waals surface area contributed by atoms with Crippen molar-refractivity contribution >= 4 is 34.6 Å². The van der Waals surface area contributed by atoms with Gasteiger partial charge < -0.3 is 10.4 Å². The molecule has 2 rings (SSSR count). The van der Waals surface area contributed by atoms with E-state index in [9.17, 15) is 9.59 Å². The highest BCUT2D eigenvalue weighted by atomic mass is 32.1. The molecule has 1 unspecified atom stereocenters. The molecule has 5 nitrogen and oxygen atoms in total. The normalized spacial score (nSPS) is 12.1. The van der Waals surface area contributed by atoms with E-state index in [1.54, 1.807) is 6.92 Å². The molecule has 0 bridgehead atoms. The molecular weight excluding hydrogens is 284 g/mol.